The molecule has 64 heavy (non-hydrogen) atoms. The van der Waals surface area contributed by atoms with Crippen LogP contribution in [0.5, 0.6) is 0 Å². The summed E-state index contributed by atoms with van der Waals surface area (Å²) >= 11 is 0. The maximum absolute atomic E-state index is 12.8. The summed E-state index contributed by atoms with van der Waals surface area (Å²) in [4.78, 5) is 37.9. The Morgan fingerprint density at radius 1 is 0.328 bits per heavy atom. The lowest BCUT2D eigenvalue weighted by Gasteiger charge is -2.18. The molecule has 0 N–H and O–H groups in total. The van der Waals surface area contributed by atoms with E-state index < -0.39 is 6.10 Å². The molecule has 0 fully saturated rings. The second-order valence-corrected chi connectivity index (χ2v) is 15.7. The molecule has 0 bridgehead atoms. The Morgan fingerprint density at radius 2 is 0.641 bits per heavy atom. The molecule has 356 valence electrons. The third kappa shape index (κ3) is 48.3. The Morgan fingerprint density at radius 3 is 1.06 bits per heavy atom. The Balaban J connectivity index is 4.56. The zero-order chi connectivity index (χ0) is 46.5. The molecular formula is C58H88O6. The summed E-state index contributed by atoms with van der Waals surface area (Å²) in [6.45, 7) is 6.15. The SMILES string of the molecule is CC\C=C/C=C\C=C/C=C\CCCCCC(=O)OCC(COC(=O)CCCCC/C=C\C/C=C\C/C=C\C/C=C\C/C=C\CC)OC(=O)CCCCCC/C=C\C/C=C\C/C=C\CC. The van der Waals surface area contributed by atoms with Crippen molar-refractivity contribution in [1.82, 2.24) is 0 Å². The molecular weight excluding hydrogens is 793 g/mol. The zero-order valence-electron chi connectivity index (χ0n) is 40.5. The van der Waals surface area contributed by atoms with Crippen molar-refractivity contribution in [2.75, 3.05) is 13.2 Å². The van der Waals surface area contributed by atoms with E-state index in [1.54, 1.807) is 0 Å². The lowest BCUT2D eigenvalue weighted by molar-refractivity contribution is -0.167. The Labute approximate surface area is 391 Å². The van der Waals surface area contributed by atoms with Crippen LogP contribution < -0.4 is 0 Å². The molecule has 0 aliphatic heterocycles. The Bertz CT molecular complexity index is 1480. The Kier molecular flexibility index (Phi) is 47.2. The molecule has 0 heterocycles. The van der Waals surface area contributed by atoms with Crippen molar-refractivity contribution in [2.24, 2.45) is 0 Å². The average molecular weight is 881 g/mol. The molecule has 0 spiro atoms. The number of rotatable bonds is 42. The predicted octanol–water partition coefficient (Wildman–Crippen LogP) is 16.5. The van der Waals surface area contributed by atoms with Crippen molar-refractivity contribution in [3.63, 3.8) is 0 Å². The fourth-order valence-electron chi connectivity index (χ4n) is 6.02. The van der Waals surface area contributed by atoms with E-state index in [1.807, 2.05) is 36.5 Å². The Hall–Kier alpha value is -4.71. The van der Waals surface area contributed by atoms with Gasteiger partial charge in [0.25, 0.3) is 0 Å². The molecule has 1 unspecified atom stereocenters. The average Bonchev–Trinajstić information content (AvgIpc) is 3.29. The summed E-state index contributed by atoms with van der Waals surface area (Å²) in [7, 11) is 0. The summed E-state index contributed by atoms with van der Waals surface area (Å²) in [5.41, 5.74) is 0. The van der Waals surface area contributed by atoms with Crippen LogP contribution in [0.15, 0.2) is 146 Å². The van der Waals surface area contributed by atoms with Crippen molar-refractivity contribution >= 4 is 17.9 Å². The van der Waals surface area contributed by atoms with Gasteiger partial charge in [0.05, 0.1) is 0 Å². The second-order valence-electron chi connectivity index (χ2n) is 15.7. The monoisotopic (exact) mass is 881 g/mol. The van der Waals surface area contributed by atoms with Gasteiger partial charge in [-0.05, 0) is 116 Å². The quantitative estimate of drug-likeness (QED) is 0.0200. The number of carbonyl (C=O) groups excluding carboxylic acids is 3. The third-order valence-corrected chi connectivity index (χ3v) is 9.66. The second kappa shape index (κ2) is 50.9. The van der Waals surface area contributed by atoms with Gasteiger partial charge >= 0.3 is 17.9 Å². The first kappa shape index (κ1) is 59.3. The maximum atomic E-state index is 12.8. The summed E-state index contributed by atoms with van der Waals surface area (Å²) < 4.78 is 16.7. The highest BCUT2D eigenvalue weighted by molar-refractivity contribution is 5.71. The number of esters is 3. The van der Waals surface area contributed by atoms with Crippen LogP contribution in [-0.4, -0.2) is 37.2 Å². The summed E-state index contributed by atoms with van der Waals surface area (Å²) in [6, 6.07) is 0. The molecule has 0 aliphatic rings. The molecule has 0 saturated heterocycles. The fourth-order valence-corrected chi connectivity index (χ4v) is 6.02. The van der Waals surface area contributed by atoms with Crippen LogP contribution in [0.25, 0.3) is 0 Å². The van der Waals surface area contributed by atoms with Gasteiger partial charge in [-0.2, -0.15) is 0 Å². The predicted molar refractivity (Wildman–Crippen MR) is 274 cm³/mol. The summed E-state index contributed by atoms with van der Waals surface area (Å²) in [6.07, 6.45) is 72.6. The molecule has 0 aliphatic carbocycles. The van der Waals surface area contributed by atoms with Crippen LogP contribution in [0.4, 0.5) is 0 Å². The number of hydrogen-bond donors (Lipinski definition) is 0. The van der Waals surface area contributed by atoms with Crippen molar-refractivity contribution in [2.45, 2.75) is 187 Å². The maximum Gasteiger partial charge on any atom is 0.306 e. The molecule has 0 amide bonds. The molecule has 0 radical (unpaired) electrons. The lowest BCUT2D eigenvalue weighted by Crippen LogP contribution is -2.30. The van der Waals surface area contributed by atoms with Gasteiger partial charge in [0, 0.05) is 19.3 Å². The van der Waals surface area contributed by atoms with Crippen molar-refractivity contribution in [1.29, 1.82) is 0 Å². The molecule has 1 atom stereocenters. The van der Waals surface area contributed by atoms with E-state index in [-0.39, 0.29) is 37.5 Å². The number of hydrogen-bond acceptors (Lipinski definition) is 6. The number of ether oxygens (including phenoxy) is 3. The van der Waals surface area contributed by atoms with Crippen LogP contribution >= 0.6 is 0 Å². The van der Waals surface area contributed by atoms with Crippen LogP contribution in [0.1, 0.15) is 181 Å². The first-order valence-corrected chi connectivity index (χ1v) is 24.9. The molecule has 0 aromatic carbocycles. The molecule has 6 heteroatoms. The third-order valence-electron chi connectivity index (χ3n) is 9.66. The van der Waals surface area contributed by atoms with E-state index in [1.165, 1.54) is 0 Å². The molecule has 0 rings (SSSR count). The molecule has 0 aromatic rings. The van der Waals surface area contributed by atoms with Crippen molar-refractivity contribution in [3.05, 3.63) is 146 Å². The highest BCUT2D eigenvalue weighted by Crippen LogP contribution is 2.11. The highest BCUT2D eigenvalue weighted by Gasteiger charge is 2.19. The first-order chi connectivity index (χ1) is 31.5. The minimum absolute atomic E-state index is 0.124. The van der Waals surface area contributed by atoms with Crippen LogP contribution in [-0.2, 0) is 28.6 Å². The topological polar surface area (TPSA) is 78.9 Å². The fraction of sp³-hybridized carbons (Fsp3) is 0.534. The summed E-state index contributed by atoms with van der Waals surface area (Å²) in [5, 5.41) is 0. The van der Waals surface area contributed by atoms with Gasteiger partial charge in [0.15, 0.2) is 6.10 Å². The summed E-state index contributed by atoms with van der Waals surface area (Å²) in [5.74, 6) is -1.03. The first-order valence-electron chi connectivity index (χ1n) is 24.9. The number of unbranched alkanes of at least 4 members (excludes halogenated alkanes) is 10. The number of carbonyl (C=O) groups is 3. The smallest absolute Gasteiger partial charge is 0.306 e. The van der Waals surface area contributed by atoms with Crippen molar-refractivity contribution in [3.8, 4) is 0 Å². The lowest BCUT2D eigenvalue weighted by atomic mass is 10.1. The van der Waals surface area contributed by atoms with E-state index in [4.69, 9.17) is 14.2 Å². The van der Waals surface area contributed by atoms with Gasteiger partial charge in [-0.3, -0.25) is 14.4 Å². The van der Waals surface area contributed by atoms with Gasteiger partial charge in [-0.15, -0.1) is 0 Å². The van der Waals surface area contributed by atoms with Gasteiger partial charge in [0.1, 0.15) is 13.2 Å². The largest absolute Gasteiger partial charge is 0.462 e. The van der Waals surface area contributed by atoms with Gasteiger partial charge in [-0.1, -0.05) is 192 Å². The van der Waals surface area contributed by atoms with E-state index >= 15 is 0 Å². The van der Waals surface area contributed by atoms with E-state index in [0.717, 1.165) is 141 Å². The normalized spacial score (nSPS) is 13.4. The molecule has 0 aromatic heterocycles. The van der Waals surface area contributed by atoms with Crippen LogP contribution in [0.3, 0.4) is 0 Å². The molecule has 6 nitrogen and oxygen atoms in total. The van der Waals surface area contributed by atoms with Crippen molar-refractivity contribution < 1.29 is 28.6 Å². The minimum Gasteiger partial charge on any atom is -0.462 e. The minimum atomic E-state index is -0.826. The number of allylic oxidation sites excluding steroid dienone is 24. The zero-order valence-corrected chi connectivity index (χ0v) is 40.5. The van der Waals surface area contributed by atoms with Gasteiger partial charge in [0.2, 0.25) is 0 Å². The van der Waals surface area contributed by atoms with Crippen LogP contribution in [0, 0.1) is 0 Å². The standard InChI is InChI=1S/C58H88O6/c1-4-7-10-13-16-19-22-25-27-28-29-30-31-34-36-39-42-45-48-51-57(60)63-54-55(53-62-56(59)50-47-44-41-38-35-32-24-21-18-15-12-9-6-3)64-58(61)52-49-46-43-40-37-33-26-23-20-17-14-11-8-5-2/h7-12,15-21,24-27,29-30,32-36,55H,4-6,13-14,22-23,28,31,37-54H2,1-3H3/b10-7-,11-8-,12-9-,18-15-,19-16-,20-17-,24-21-,27-25-,30-29-,33-26-,35-32-,36-34-. The van der Waals surface area contributed by atoms with Crippen LogP contribution in [0.2, 0.25) is 0 Å². The van der Waals surface area contributed by atoms with E-state index in [0.29, 0.717) is 12.8 Å². The molecule has 0 saturated carbocycles. The van der Waals surface area contributed by atoms with Gasteiger partial charge in [-0.25, -0.2) is 0 Å². The highest BCUT2D eigenvalue weighted by atomic mass is 16.6. The van der Waals surface area contributed by atoms with E-state index in [9.17, 15) is 14.4 Å². The van der Waals surface area contributed by atoms with E-state index in [2.05, 4.69) is 130 Å². The van der Waals surface area contributed by atoms with Gasteiger partial charge < -0.3 is 14.2 Å².